The summed E-state index contributed by atoms with van der Waals surface area (Å²) in [6.07, 6.45) is -1.11. The summed E-state index contributed by atoms with van der Waals surface area (Å²) in [5.74, 6) is -0.339. The summed E-state index contributed by atoms with van der Waals surface area (Å²) in [5, 5.41) is 13.3. The van der Waals surface area contributed by atoms with Gasteiger partial charge in [-0.3, -0.25) is 14.9 Å². The molecule has 0 aromatic heterocycles. The fraction of sp³-hybridized carbons (Fsp3) is 0.222. The lowest BCUT2D eigenvalue weighted by Crippen LogP contribution is -2.30. The molecule has 0 saturated heterocycles. The second-order valence-electron chi connectivity index (χ2n) is 5.70. The predicted molar refractivity (Wildman–Crippen MR) is 94.0 cm³/mol. The van der Waals surface area contributed by atoms with E-state index in [1.54, 1.807) is 6.07 Å². The van der Waals surface area contributed by atoms with Gasteiger partial charge in [0.15, 0.2) is 17.6 Å². The lowest BCUT2D eigenvalue weighted by Gasteiger charge is -2.19. The van der Waals surface area contributed by atoms with Crippen LogP contribution < -0.4 is 14.8 Å². The quantitative estimate of drug-likeness (QED) is 0.487. The molecule has 1 aliphatic rings. The van der Waals surface area contributed by atoms with Gasteiger partial charge < -0.3 is 19.5 Å². The first-order valence-corrected chi connectivity index (χ1v) is 8.10. The highest BCUT2D eigenvalue weighted by Gasteiger charge is 2.21. The van der Waals surface area contributed by atoms with Crippen LogP contribution in [-0.2, 0) is 9.53 Å². The van der Waals surface area contributed by atoms with Crippen LogP contribution >= 0.6 is 0 Å². The number of non-ortho nitro benzene ring substituents is 1. The molecule has 0 unspecified atom stereocenters. The van der Waals surface area contributed by atoms with E-state index < -0.39 is 22.9 Å². The van der Waals surface area contributed by atoms with Gasteiger partial charge in [0, 0.05) is 17.8 Å². The topological polar surface area (TPSA) is 117 Å². The molecule has 1 atom stereocenters. The van der Waals surface area contributed by atoms with Gasteiger partial charge in [-0.15, -0.1) is 0 Å². The number of nitro groups is 1. The lowest BCUT2D eigenvalue weighted by atomic mass is 10.2. The smallest absolute Gasteiger partial charge is 0.339 e. The van der Waals surface area contributed by atoms with Gasteiger partial charge in [0.1, 0.15) is 13.2 Å². The number of benzene rings is 2. The Morgan fingerprint density at radius 3 is 2.63 bits per heavy atom. The van der Waals surface area contributed by atoms with E-state index in [2.05, 4.69) is 5.32 Å². The molecule has 2 aromatic carbocycles. The number of hydrogen-bond acceptors (Lipinski definition) is 7. The third-order valence-corrected chi connectivity index (χ3v) is 3.76. The molecule has 0 bridgehead atoms. The Morgan fingerprint density at radius 2 is 1.89 bits per heavy atom. The summed E-state index contributed by atoms with van der Waals surface area (Å²) in [6.45, 7) is 2.22. The van der Waals surface area contributed by atoms with Crippen molar-refractivity contribution in [3.05, 3.63) is 58.1 Å². The number of nitrogens with zero attached hydrogens (tertiary/aromatic N) is 1. The summed E-state index contributed by atoms with van der Waals surface area (Å²) in [4.78, 5) is 34.7. The van der Waals surface area contributed by atoms with Gasteiger partial charge in [0.25, 0.3) is 11.6 Å². The fourth-order valence-electron chi connectivity index (χ4n) is 2.39. The Hall–Kier alpha value is -3.62. The Morgan fingerprint density at radius 1 is 1.15 bits per heavy atom. The predicted octanol–water partition coefficient (Wildman–Crippen LogP) is 2.55. The molecular formula is C18H16N2O7. The SMILES string of the molecule is C[C@H](OC(=O)c1ccc2c(c1)OCCO2)C(=O)Nc1cccc([N+](=O)[O-])c1. The highest BCUT2D eigenvalue weighted by atomic mass is 16.6. The van der Waals surface area contributed by atoms with Gasteiger partial charge in [0.05, 0.1) is 10.5 Å². The van der Waals surface area contributed by atoms with Gasteiger partial charge in [0.2, 0.25) is 0 Å². The Bertz CT molecular complexity index is 897. The van der Waals surface area contributed by atoms with Crippen LogP contribution in [0.2, 0.25) is 0 Å². The van der Waals surface area contributed by atoms with Crippen molar-refractivity contribution < 1.29 is 28.7 Å². The Labute approximate surface area is 154 Å². The number of carbonyl (C=O) groups is 2. The number of rotatable bonds is 5. The average Bonchev–Trinajstić information content (AvgIpc) is 2.67. The zero-order valence-corrected chi connectivity index (χ0v) is 14.3. The number of anilines is 1. The first-order chi connectivity index (χ1) is 12.9. The van der Waals surface area contributed by atoms with E-state index >= 15 is 0 Å². The minimum Gasteiger partial charge on any atom is -0.486 e. The molecule has 1 amide bonds. The third-order valence-electron chi connectivity index (χ3n) is 3.76. The van der Waals surface area contributed by atoms with Gasteiger partial charge in [-0.05, 0) is 31.2 Å². The minimum atomic E-state index is -1.11. The fourth-order valence-corrected chi connectivity index (χ4v) is 2.39. The highest BCUT2D eigenvalue weighted by Crippen LogP contribution is 2.31. The molecule has 1 aliphatic heterocycles. The molecule has 2 aromatic rings. The van der Waals surface area contributed by atoms with Crippen LogP contribution in [-0.4, -0.2) is 36.1 Å². The minimum absolute atomic E-state index is 0.159. The zero-order valence-electron chi connectivity index (χ0n) is 14.3. The van der Waals surface area contributed by atoms with E-state index in [0.717, 1.165) is 0 Å². The first-order valence-electron chi connectivity index (χ1n) is 8.10. The maximum atomic E-state index is 12.3. The maximum Gasteiger partial charge on any atom is 0.339 e. The van der Waals surface area contributed by atoms with E-state index in [1.165, 1.54) is 43.3 Å². The van der Waals surface area contributed by atoms with Gasteiger partial charge in [-0.25, -0.2) is 4.79 Å². The standard InChI is InChI=1S/C18H16N2O7/c1-11(17(21)19-13-3-2-4-14(10-13)20(23)24)27-18(22)12-5-6-15-16(9-12)26-8-7-25-15/h2-6,9-11H,7-8H2,1H3,(H,19,21)/t11-/m0/s1. The number of esters is 1. The van der Waals surface area contributed by atoms with Gasteiger partial charge in [-0.1, -0.05) is 6.07 Å². The molecule has 3 rings (SSSR count). The van der Waals surface area contributed by atoms with Crippen molar-refractivity contribution >= 4 is 23.3 Å². The summed E-state index contributed by atoms with van der Waals surface area (Å²) in [6, 6.07) is 10.1. The number of carbonyl (C=O) groups excluding carboxylic acids is 2. The molecule has 1 heterocycles. The number of ether oxygens (including phenoxy) is 3. The van der Waals surface area contributed by atoms with Crippen molar-refractivity contribution in [2.75, 3.05) is 18.5 Å². The largest absolute Gasteiger partial charge is 0.486 e. The van der Waals surface area contributed by atoms with Crippen LogP contribution in [0.15, 0.2) is 42.5 Å². The number of amides is 1. The van der Waals surface area contributed by atoms with Crippen LogP contribution in [0.3, 0.4) is 0 Å². The van der Waals surface area contributed by atoms with Gasteiger partial charge >= 0.3 is 5.97 Å². The Kier molecular flexibility index (Phi) is 5.20. The summed E-state index contributed by atoms with van der Waals surface area (Å²) in [7, 11) is 0. The average molecular weight is 372 g/mol. The lowest BCUT2D eigenvalue weighted by molar-refractivity contribution is -0.384. The first kappa shape index (κ1) is 18.2. The second kappa shape index (κ2) is 7.73. The van der Waals surface area contributed by atoms with Crippen LogP contribution in [0.5, 0.6) is 11.5 Å². The molecule has 1 N–H and O–H groups in total. The Balaban J connectivity index is 1.63. The van der Waals surface area contributed by atoms with E-state index in [-0.39, 0.29) is 16.9 Å². The molecule has 0 saturated carbocycles. The van der Waals surface area contributed by atoms with Crippen molar-refractivity contribution in [2.24, 2.45) is 0 Å². The second-order valence-corrected chi connectivity index (χ2v) is 5.70. The summed E-state index contributed by atoms with van der Waals surface area (Å²) >= 11 is 0. The number of nitrogens with one attached hydrogen (secondary N) is 1. The third kappa shape index (κ3) is 4.32. The van der Waals surface area contributed by atoms with E-state index in [4.69, 9.17) is 14.2 Å². The summed E-state index contributed by atoms with van der Waals surface area (Å²) in [5.41, 5.74) is 0.291. The van der Waals surface area contributed by atoms with Crippen LogP contribution in [0.25, 0.3) is 0 Å². The zero-order chi connectivity index (χ0) is 19.4. The number of hydrogen-bond donors (Lipinski definition) is 1. The van der Waals surface area contributed by atoms with Crippen molar-refractivity contribution in [2.45, 2.75) is 13.0 Å². The van der Waals surface area contributed by atoms with Crippen molar-refractivity contribution in [3.63, 3.8) is 0 Å². The molecule has 0 spiro atoms. The molecule has 9 heteroatoms. The molecule has 0 fully saturated rings. The maximum absolute atomic E-state index is 12.3. The molecule has 9 nitrogen and oxygen atoms in total. The number of nitro benzene ring substituents is 1. The van der Waals surface area contributed by atoms with Crippen molar-refractivity contribution in [1.82, 2.24) is 0 Å². The molecule has 0 radical (unpaired) electrons. The normalized spacial score (nSPS) is 13.4. The number of fused-ring (bicyclic) bond motifs is 1. The van der Waals surface area contributed by atoms with Crippen molar-refractivity contribution in [1.29, 1.82) is 0 Å². The summed E-state index contributed by atoms with van der Waals surface area (Å²) < 4.78 is 15.9. The van der Waals surface area contributed by atoms with E-state index in [0.29, 0.717) is 24.7 Å². The molecule has 0 aliphatic carbocycles. The van der Waals surface area contributed by atoms with Crippen LogP contribution in [0.1, 0.15) is 17.3 Å². The van der Waals surface area contributed by atoms with Gasteiger partial charge in [-0.2, -0.15) is 0 Å². The molecule has 140 valence electrons. The van der Waals surface area contributed by atoms with Crippen molar-refractivity contribution in [3.8, 4) is 11.5 Å². The van der Waals surface area contributed by atoms with E-state index in [1.807, 2.05) is 0 Å². The van der Waals surface area contributed by atoms with E-state index in [9.17, 15) is 19.7 Å². The van der Waals surface area contributed by atoms with Crippen LogP contribution in [0.4, 0.5) is 11.4 Å². The molecule has 27 heavy (non-hydrogen) atoms. The molecular weight excluding hydrogens is 356 g/mol. The van der Waals surface area contributed by atoms with Crippen LogP contribution in [0, 0.1) is 10.1 Å². The highest BCUT2D eigenvalue weighted by molar-refractivity contribution is 5.97. The monoisotopic (exact) mass is 372 g/mol.